The summed E-state index contributed by atoms with van der Waals surface area (Å²) in [6.45, 7) is 6.88. The Hall–Kier alpha value is -2.36. The van der Waals surface area contributed by atoms with Crippen LogP contribution in [0.5, 0.6) is 0 Å². The Morgan fingerprint density at radius 1 is 1.18 bits per heavy atom. The Balaban J connectivity index is 1.98. The van der Waals surface area contributed by atoms with Gasteiger partial charge in [-0.05, 0) is 38.0 Å². The van der Waals surface area contributed by atoms with Crippen molar-refractivity contribution in [3.63, 3.8) is 0 Å². The number of carbonyl (C=O) groups is 1. The van der Waals surface area contributed by atoms with Crippen LogP contribution in [0, 0.1) is 6.92 Å². The van der Waals surface area contributed by atoms with E-state index in [-0.39, 0.29) is 11.9 Å². The molecule has 4 heteroatoms. The topological polar surface area (TPSA) is 54.0 Å². The van der Waals surface area contributed by atoms with Crippen molar-refractivity contribution < 1.29 is 4.79 Å². The highest BCUT2D eigenvalue weighted by Crippen LogP contribution is 2.18. The number of nitrogens with zero attached hydrogens (tertiary/aromatic N) is 1. The van der Waals surface area contributed by atoms with Gasteiger partial charge in [-0.25, -0.2) is 4.98 Å². The Morgan fingerprint density at radius 3 is 2.50 bits per heavy atom. The number of carbonyl (C=O) groups excluding carboxylic acids is 1. The molecule has 1 amide bonds. The van der Waals surface area contributed by atoms with Crippen LogP contribution >= 0.6 is 0 Å². The summed E-state index contributed by atoms with van der Waals surface area (Å²) < 4.78 is 0. The van der Waals surface area contributed by atoms with Gasteiger partial charge in [-0.1, -0.05) is 36.8 Å². The molecule has 0 radical (unpaired) electrons. The number of pyridine rings is 1. The second-order valence-electron chi connectivity index (χ2n) is 5.46. The average Bonchev–Trinajstić information content (AvgIpc) is 2.54. The third-order valence-electron chi connectivity index (χ3n) is 3.50. The van der Waals surface area contributed by atoms with E-state index in [9.17, 15) is 4.79 Å². The highest BCUT2D eigenvalue weighted by molar-refractivity contribution is 5.94. The maximum atomic E-state index is 11.8. The first-order chi connectivity index (χ1) is 10.6. The van der Waals surface area contributed by atoms with Gasteiger partial charge in [0.25, 0.3) is 5.91 Å². The lowest BCUT2D eigenvalue weighted by Gasteiger charge is -2.15. The van der Waals surface area contributed by atoms with Crippen molar-refractivity contribution in [1.29, 1.82) is 0 Å². The number of aryl methyl sites for hydroxylation is 1. The van der Waals surface area contributed by atoms with E-state index in [1.54, 1.807) is 12.3 Å². The molecule has 0 aliphatic rings. The predicted molar refractivity (Wildman–Crippen MR) is 90.1 cm³/mol. The van der Waals surface area contributed by atoms with Crippen LogP contribution in [0.3, 0.4) is 0 Å². The maximum Gasteiger partial charge on any atom is 0.252 e. The van der Waals surface area contributed by atoms with Gasteiger partial charge in [0.1, 0.15) is 5.82 Å². The number of rotatable bonds is 6. The second kappa shape index (κ2) is 7.59. The van der Waals surface area contributed by atoms with Crippen molar-refractivity contribution in [2.24, 2.45) is 0 Å². The Kier molecular flexibility index (Phi) is 5.53. The first-order valence-electron chi connectivity index (χ1n) is 7.67. The van der Waals surface area contributed by atoms with Crippen LogP contribution in [0.2, 0.25) is 0 Å². The standard InChI is InChI=1S/C18H23N3O/c1-4-11-19-18(22)16-9-10-17(20-12-16)21-14(3)15-7-5-13(2)6-8-15/h5-10,12,14H,4,11H2,1-3H3,(H,19,22)(H,20,21)/t14-/m0/s1. The molecule has 1 aromatic carbocycles. The number of amides is 1. The van der Waals surface area contributed by atoms with Crippen molar-refractivity contribution in [3.05, 3.63) is 59.3 Å². The number of anilines is 1. The molecular weight excluding hydrogens is 274 g/mol. The summed E-state index contributed by atoms with van der Waals surface area (Å²) >= 11 is 0. The van der Waals surface area contributed by atoms with E-state index in [1.165, 1.54) is 11.1 Å². The Morgan fingerprint density at radius 2 is 1.91 bits per heavy atom. The van der Waals surface area contributed by atoms with Gasteiger partial charge in [-0.3, -0.25) is 4.79 Å². The number of hydrogen-bond donors (Lipinski definition) is 2. The zero-order valence-corrected chi connectivity index (χ0v) is 13.4. The highest BCUT2D eigenvalue weighted by atomic mass is 16.1. The van der Waals surface area contributed by atoms with Gasteiger partial charge < -0.3 is 10.6 Å². The van der Waals surface area contributed by atoms with E-state index < -0.39 is 0 Å². The Labute approximate surface area is 132 Å². The van der Waals surface area contributed by atoms with E-state index in [4.69, 9.17) is 0 Å². The molecule has 0 aliphatic carbocycles. The molecule has 4 nitrogen and oxygen atoms in total. The molecule has 116 valence electrons. The quantitative estimate of drug-likeness (QED) is 0.854. The van der Waals surface area contributed by atoms with Gasteiger partial charge in [0.15, 0.2) is 0 Å². The minimum Gasteiger partial charge on any atom is -0.364 e. The van der Waals surface area contributed by atoms with Gasteiger partial charge in [0.05, 0.1) is 5.56 Å². The van der Waals surface area contributed by atoms with Gasteiger partial charge in [-0.15, -0.1) is 0 Å². The normalized spacial score (nSPS) is 11.8. The molecule has 2 aromatic rings. The second-order valence-corrected chi connectivity index (χ2v) is 5.46. The van der Waals surface area contributed by atoms with Crippen molar-refractivity contribution in [3.8, 4) is 0 Å². The predicted octanol–water partition coefficient (Wildman–Crippen LogP) is 3.70. The van der Waals surface area contributed by atoms with Gasteiger partial charge in [0.2, 0.25) is 0 Å². The summed E-state index contributed by atoms with van der Waals surface area (Å²) in [5.74, 6) is 0.688. The summed E-state index contributed by atoms with van der Waals surface area (Å²) in [5, 5.41) is 6.18. The minimum atomic E-state index is -0.0764. The lowest BCUT2D eigenvalue weighted by molar-refractivity contribution is 0.0953. The molecule has 0 bridgehead atoms. The molecule has 1 heterocycles. The Bertz CT molecular complexity index is 605. The van der Waals surface area contributed by atoms with Crippen LogP contribution in [0.1, 0.15) is 47.8 Å². The van der Waals surface area contributed by atoms with Gasteiger partial charge >= 0.3 is 0 Å². The molecule has 0 saturated heterocycles. The minimum absolute atomic E-state index is 0.0764. The monoisotopic (exact) mass is 297 g/mol. The summed E-state index contributed by atoms with van der Waals surface area (Å²) in [6, 6.07) is 12.2. The molecule has 0 aliphatic heterocycles. The number of benzene rings is 1. The maximum absolute atomic E-state index is 11.8. The summed E-state index contributed by atoms with van der Waals surface area (Å²) in [7, 11) is 0. The molecule has 0 unspecified atom stereocenters. The molecule has 0 spiro atoms. The van der Waals surface area contributed by atoms with Gasteiger partial charge in [-0.2, -0.15) is 0 Å². The highest BCUT2D eigenvalue weighted by Gasteiger charge is 2.08. The number of aromatic nitrogens is 1. The number of hydrogen-bond acceptors (Lipinski definition) is 3. The van der Waals surface area contributed by atoms with Gasteiger partial charge in [0, 0.05) is 18.8 Å². The largest absolute Gasteiger partial charge is 0.364 e. The molecule has 0 fully saturated rings. The molecule has 1 aromatic heterocycles. The van der Waals surface area contributed by atoms with E-state index in [2.05, 4.69) is 53.7 Å². The molecular formula is C18H23N3O. The van der Waals surface area contributed by atoms with Crippen molar-refractivity contribution >= 4 is 11.7 Å². The summed E-state index contributed by atoms with van der Waals surface area (Å²) in [5.41, 5.74) is 3.04. The zero-order valence-electron chi connectivity index (χ0n) is 13.4. The third kappa shape index (κ3) is 4.32. The first-order valence-corrected chi connectivity index (χ1v) is 7.67. The van der Waals surface area contributed by atoms with E-state index >= 15 is 0 Å². The van der Waals surface area contributed by atoms with Crippen LogP contribution in [0.25, 0.3) is 0 Å². The van der Waals surface area contributed by atoms with E-state index in [0.29, 0.717) is 12.1 Å². The lowest BCUT2D eigenvalue weighted by Crippen LogP contribution is -2.24. The van der Waals surface area contributed by atoms with Crippen molar-refractivity contribution in [2.45, 2.75) is 33.2 Å². The van der Waals surface area contributed by atoms with Crippen LogP contribution in [-0.4, -0.2) is 17.4 Å². The molecule has 2 N–H and O–H groups in total. The fraction of sp³-hybridized carbons (Fsp3) is 0.333. The first kappa shape index (κ1) is 16.0. The summed E-state index contributed by atoms with van der Waals surface area (Å²) in [4.78, 5) is 16.1. The molecule has 0 saturated carbocycles. The molecule has 22 heavy (non-hydrogen) atoms. The van der Waals surface area contributed by atoms with Crippen LogP contribution in [0.15, 0.2) is 42.6 Å². The van der Waals surface area contributed by atoms with Crippen molar-refractivity contribution in [2.75, 3.05) is 11.9 Å². The van der Waals surface area contributed by atoms with Crippen molar-refractivity contribution in [1.82, 2.24) is 10.3 Å². The van der Waals surface area contributed by atoms with E-state index in [0.717, 1.165) is 12.2 Å². The number of nitrogens with one attached hydrogen (secondary N) is 2. The summed E-state index contributed by atoms with van der Waals surface area (Å²) in [6.07, 6.45) is 2.53. The SMILES string of the molecule is CCCNC(=O)c1ccc(N[C@@H](C)c2ccc(C)cc2)nc1. The smallest absolute Gasteiger partial charge is 0.252 e. The van der Waals surface area contributed by atoms with Crippen LogP contribution in [0.4, 0.5) is 5.82 Å². The van der Waals surface area contributed by atoms with Crippen LogP contribution in [-0.2, 0) is 0 Å². The molecule has 1 atom stereocenters. The lowest BCUT2D eigenvalue weighted by atomic mass is 10.1. The van der Waals surface area contributed by atoms with E-state index in [1.807, 2.05) is 13.0 Å². The average molecular weight is 297 g/mol. The molecule has 2 rings (SSSR count). The zero-order chi connectivity index (χ0) is 15.9. The van der Waals surface area contributed by atoms with Crippen LogP contribution < -0.4 is 10.6 Å². The fourth-order valence-electron chi connectivity index (χ4n) is 2.11. The third-order valence-corrected chi connectivity index (χ3v) is 3.50. The fourth-order valence-corrected chi connectivity index (χ4v) is 2.11.